The molecular weight excluding hydrogens is 218 g/mol. The van der Waals surface area contributed by atoms with Crippen molar-refractivity contribution in [3.05, 3.63) is 41.5 Å². The molecule has 2 nitrogen and oxygen atoms in total. The fraction of sp³-hybridized carbons (Fsp3) is 0.308. The van der Waals surface area contributed by atoms with Crippen molar-refractivity contribution >= 4 is 17.7 Å². The maximum atomic E-state index is 11.2. The fourth-order valence-corrected chi connectivity index (χ4v) is 2.63. The molecule has 1 amide bonds. The number of carbonyl (C=O) groups excluding carboxylic acids is 1. The Morgan fingerprint density at radius 3 is 2.69 bits per heavy atom. The lowest BCUT2D eigenvalue weighted by molar-refractivity contribution is -0.116. The van der Waals surface area contributed by atoms with Crippen LogP contribution in [0.2, 0.25) is 0 Å². The monoisotopic (exact) mass is 233 g/mol. The lowest BCUT2D eigenvalue weighted by Gasteiger charge is -2.02. The summed E-state index contributed by atoms with van der Waals surface area (Å²) in [4.78, 5) is 12.5. The molecule has 1 aliphatic rings. The van der Waals surface area contributed by atoms with E-state index in [0.717, 1.165) is 24.3 Å². The molecule has 0 aliphatic carbocycles. The molecule has 0 unspecified atom stereocenters. The van der Waals surface area contributed by atoms with Crippen molar-refractivity contribution in [1.82, 2.24) is 5.32 Å². The quantitative estimate of drug-likeness (QED) is 0.810. The van der Waals surface area contributed by atoms with E-state index in [4.69, 9.17) is 0 Å². The first-order valence-corrected chi connectivity index (χ1v) is 6.40. The first-order chi connectivity index (χ1) is 7.77. The molecule has 1 aromatic carbocycles. The van der Waals surface area contributed by atoms with Gasteiger partial charge in [-0.3, -0.25) is 4.79 Å². The third kappa shape index (κ3) is 2.67. The average molecular weight is 233 g/mol. The Kier molecular flexibility index (Phi) is 3.67. The summed E-state index contributed by atoms with van der Waals surface area (Å²) in [6.45, 7) is 2.64. The first kappa shape index (κ1) is 11.3. The Bertz CT molecular complexity index is 411. The fourth-order valence-electron chi connectivity index (χ4n) is 1.70. The molecule has 1 aromatic rings. The van der Waals surface area contributed by atoms with E-state index in [1.165, 1.54) is 10.5 Å². The third-order valence-electron chi connectivity index (χ3n) is 2.75. The summed E-state index contributed by atoms with van der Waals surface area (Å²) in [7, 11) is 0. The molecule has 0 saturated carbocycles. The number of benzene rings is 1. The molecule has 16 heavy (non-hydrogen) atoms. The summed E-state index contributed by atoms with van der Waals surface area (Å²) in [5.74, 6) is 1.13. The first-order valence-electron chi connectivity index (χ1n) is 5.42. The SMILES string of the molecule is CC1=C(CCSc2ccccc2)CNC1=O. The second-order valence-corrected chi connectivity index (χ2v) is 4.99. The van der Waals surface area contributed by atoms with Gasteiger partial charge >= 0.3 is 0 Å². The second kappa shape index (κ2) is 5.21. The number of carbonyl (C=O) groups is 1. The van der Waals surface area contributed by atoms with Crippen LogP contribution in [-0.4, -0.2) is 18.2 Å². The summed E-state index contributed by atoms with van der Waals surface area (Å²) < 4.78 is 0. The van der Waals surface area contributed by atoms with Crippen LogP contribution >= 0.6 is 11.8 Å². The van der Waals surface area contributed by atoms with Gasteiger partial charge in [0.2, 0.25) is 5.91 Å². The molecule has 0 spiro atoms. The highest BCUT2D eigenvalue weighted by Crippen LogP contribution is 2.22. The van der Waals surface area contributed by atoms with E-state index >= 15 is 0 Å². The van der Waals surface area contributed by atoms with Crippen LogP contribution in [0.5, 0.6) is 0 Å². The molecule has 0 radical (unpaired) electrons. The minimum absolute atomic E-state index is 0.0970. The van der Waals surface area contributed by atoms with E-state index in [1.54, 1.807) is 0 Å². The summed E-state index contributed by atoms with van der Waals surface area (Å²) in [5.41, 5.74) is 2.17. The minimum Gasteiger partial charge on any atom is -0.349 e. The maximum absolute atomic E-state index is 11.2. The van der Waals surface area contributed by atoms with Gasteiger partial charge in [0.1, 0.15) is 0 Å². The molecule has 84 valence electrons. The van der Waals surface area contributed by atoms with Gasteiger partial charge in [-0.1, -0.05) is 18.2 Å². The Morgan fingerprint density at radius 1 is 1.31 bits per heavy atom. The summed E-state index contributed by atoms with van der Waals surface area (Å²) in [6, 6.07) is 10.4. The van der Waals surface area contributed by atoms with E-state index in [0.29, 0.717) is 0 Å². The smallest absolute Gasteiger partial charge is 0.247 e. The molecular formula is C13H15NOS. The van der Waals surface area contributed by atoms with Crippen LogP contribution in [0.3, 0.4) is 0 Å². The standard InChI is InChI=1S/C13H15NOS/c1-10-11(9-14-13(10)15)7-8-16-12-5-3-2-4-6-12/h2-6H,7-9H2,1H3,(H,14,15). The highest BCUT2D eigenvalue weighted by atomic mass is 32.2. The van der Waals surface area contributed by atoms with Crippen LogP contribution in [0.15, 0.2) is 46.4 Å². The molecule has 1 aliphatic heterocycles. The van der Waals surface area contributed by atoms with Crippen LogP contribution in [0.25, 0.3) is 0 Å². The Morgan fingerprint density at radius 2 is 2.06 bits per heavy atom. The van der Waals surface area contributed by atoms with Gasteiger partial charge in [-0.2, -0.15) is 0 Å². The normalized spacial score (nSPS) is 15.4. The molecule has 0 atom stereocenters. The van der Waals surface area contributed by atoms with Crippen molar-refractivity contribution in [3.63, 3.8) is 0 Å². The average Bonchev–Trinajstić information content (AvgIpc) is 2.62. The van der Waals surface area contributed by atoms with Gasteiger partial charge in [0.25, 0.3) is 0 Å². The summed E-state index contributed by atoms with van der Waals surface area (Å²) >= 11 is 1.84. The molecule has 1 heterocycles. The number of rotatable bonds is 4. The van der Waals surface area contributed by atoms with Crippen molar-refractivity contribution in [2.75, 3.05) is 12.3 Å². The zero-order valence-electron chi connectivity index (χ0n) is 9.32. The molecule has 1 N–H and O–H groups in total. The molecule has 2 rings (SSSR count). The molecule has 0 aromatic heterocycles. The van der Waals surface area contributed by atoms with Gasteiger partial charge in [-0.25, -0.2) is 0 Å². The zero-order valence-corrected chi connectivity index (χ0v) is 10.1. The van der Waals surface area contributed by atoms with Gasteiger partial charge in [-0.15, -0.1) is 11.8 Å². The van der Waals surface area contributed by atoms with Crippen molar-refractivity contribution in [2.24, 2.45) is 0 Å². The van der Waals surface area contributed by atoms with Crippen LogP contribution in [0, 0.1) is 0 Å². The lowest BCUT2D eigenvalue weighted by Crippen LogP contribution is -2.16. The maximum Gasteiger partial charge on any atom is 0.247 e. The van der Waals surface area contributed by atoms with Crippen LogP contribution in [0.4, 0.5) is 0 Å². The van der Waals surface area contributed by atoms with Crippen molar-refractivity contribution < 1.29 is 4.79 Å². The zero-order chi connectivity index (χ0) is 11.4. The van der Waals surface area contributed by atoms with Gasteiger partial charge in [0.05, 0.1) is 0 Å². The molecule has 0 fully saturated rings. The molecule has 3 heteroatoms. The topological polar surface area (TPSA) is 29.1 Å². The predicted octanol–water partition coefficient (Wildman–Crippen LogP) is 2.62. The van der Waals surface area contributed by atoms with Crippen molar-refractivity contribution in [2.45, 2.75) is 18.2 Å². The largest absolute Gasteiger partial charge is 0.349 e. The van der Waals surface area contributed by atoms with Crippen LogP contribution < -0.4 is 5.32 Å². The molecule has 0 bridgehead atoms. The lowest BCUT2D eigenvalue weighted by atomic mass is 10.1. The Labute approximate surface area is 100 Å². The third-order valence-corrected chi connectivity index (χ3v) is 3.76. The van der Waals surface area contributed by atoms with Crippen LogP contribution in [0.1, 0.15) is 13.3 Å². The van der Waals surface area contributed by atoms with Crippen molar-refractivity contribution in [3.8, 4) is 0 Å². The number of hydrogen-bond acceptors (Lipinski definition) is 2. The van der Waals surface area contributed by atoms with E-state index in [-0.39, 0.29) is 5.91 Å². The van der Waals surface area contributed by atoms with E-state index in [1.807, 2.05) is 36.9 Å². The predicted molar refractivity (Wildman–Crippen MR) is 67.5 cm³/mol. The minimum atomic E-state index is 0.0970. The summed E-state index contributed by atoms with van der Waals surface area (Å²) in [6.07, 6.45) is 0.990. The van der Waals surface area contributed by atoms with Gasteiger partial charge < -0.3 is 5.32 Å². The second-order valence-electron chi connectivity index (χ2n) is 3.82. The molecule has 0 saturated heterocycles. The van der Waals surface area contributed by atoms with E-state index in [9.17, 15) is 4.79 Å². The number of nitrogens with one attached hydrogen (secondary N) is 1. The van der Waals surface area contributed by atoms with Crippen molar-refractivity contribution in [1.29, 1.82) is 0 Å². The number of hydrogen-bond donors (Lipinski definition) is 1. The Balaban J connectivity index is 1.83. The van der Waals surface area contributed by atoms with E-state index in [2.05, 4.69) is 17.4 Å². The van der Waals surface area contributed by atoms with Gasteiger partial charge in [0.15, 0.2) is 0 Å². The number of amides is 1. The van der Waals surface area contributed by atoms with Crippen LogP contribution in [-0.2, 0) is 4.79 Å². The van der Waals surface area contributed by atoms with Gasteiger partial charge in [0, 0.05) is 22.8 Å². The van der Waals surface area contributed by atoms with E-state index < -0.39 is 0 Å². The highest BCUT2D eigenvalue weighted by molar-refractivity contribution is 7.99. The highest BCUT2D eigenvalue weighted by Gasteiger charge is 2.17. The Hall–Kier alpha value is -1.22. The summed E-state index contributed by atoms with van der Waals surface area (Å²) in [5, 5.41) is 2.85. The number of thioether (sulfide) groups is 1. The van der Waals surface area contributed by atoms with Gasteiger partial charge in [-0.05, 0) is 31.1 Å².